The Labute approximate surface area is 661 Å². The van der Waals surface area contributed by atoms with Gasteiger partial charge in [-0.25, -0.2) is 64.7 Å². The molecule has 546 valence electrons. The average Bonchev–Trinajstić information content (AvgIpc) is 1.74. The van der Waals surface area contributed by atoms with Crippen LogP contribution in [0, 0.1) is 6.57 Å². The maximum atomic E-state index is 17.6. The highest BCUT2D eigenvalue weighted by atomic mass is 19.4. The van der Waals surface area contributed by atoms with Crippen LogP contribution in [-0.2, 0) is 6.18 Å². The van der Waals surface area contributed by atoms with E-state index in [1.54, 1.807) is 28.8 Å². The average molecular weight is 1500 g/mol. The SMILES string of the molecule is [C-]#[N+]c1cccc(-c2cc(-n3c4ccc(-c5nc(-c6ccccc6)nc(-c6ccccc6)n5)cc4c4cc(-c5nc(-c6ccccc6)nc(-c6ccccc6)n5)ccc43)c(C(F)(F)F)cc2-n2c3ccc(-c4nc(-c5ccccc5)nc(-c5ccccc5)n4)cc3c3cc(-c4nc(-c5ccccc5)nc(-c5ccccc5)n4)ccc32)c1. The molecule has 0 N–H and O–H groups in total. The van der Waals surface area contributed by atoms with E-state index >= 15 is 13.2 Å². The predicted octanol–water partition coefficient (Wildman–Crippen LogP) is 23.9. The van der Waals surface area contributed by atoms with E-state index in [-0.39, 0.29) is 17.1 Å². The van der Waals surface area contributed by atoms with Crippen LogP contribution in [-0.4, -0.2) is 68.9 Å². The van der Waals surface area contributed by atoms with Crippen molar-refractivity contribution >= 4 is 49.3 Å². The first-order valence-corrected chi connectivity index (χ1v) is 37.4. The summed E-state index contributed by atoms with van der Waals surface area (Å²) in [5, 5.41) is 2.43. The molecule has 6 aromatic heterocycles. The normalized spacial score (nSPS) is 11.6. The summed E-state index contributed by atoms with van der Waals surface area (Å²) in [7, 11) is 0. The highest BCUT2D eigenvalue weighted by molar-refractivity contribution is 6.14. The third-order valence-electron chi connectivity index (χ3n) is 20.5. The third kappa shape index (κ3) is 13.0. The molecule has 20 aromatic rings. The summed E-state index contributed by atoms with van der Waals surface area (Å²) in [4.78, 5) is 65.0. The van der Waals surface area contributed by atoms with Crippen LogP contribution in [0.25, 0.3) is 208 Å². The second-order valence-corrected chi connectivity index (χ2v) is 27.8. The lowest BCUT2D eigenvalue weighted by Crippen LogP contribution is -2.13. The minimum atomic E-state index is -5.03. The lowest BCUT2D eigenvalue weighted by Gasteiger charge is -2.22. The molecule has 15 nitrogen and oxygen atoms in total. The minimum absolute atomic E-state index is 0.168. The molecule has 0 aliphatic carbocycles. The van der Waals surface area contributed by atoms with Crippen molar-refractivity contribution in [3.8, 4) is 159 Å². The zero-order chi connectivity index (χ0) is 77.8. The van der Waals surface area contributed by atoms with Gasteiger partial charge in [-0.15, -0.1) is 0 Å². The number of hydrogen-bond donors (Lipinski definition) is 0. The largest absolute Gasteiger partial charge is 0.418 e. The molecule has 0 radical (unpaired) electrons. The zero-order valence-electron chi connectivity index (χ0n) is 61.3. The van der Waals surface area contributed by atoms with Crippen LogP contribution in [0.2, 0.25) is 0 Å². The first kappa shape index (κ1) is 69.2. The molecule has 20 rings (SSSR count). The maximum absolute atomic E-state index is 17.6. The van der Waals surface area contributed by atoms with Gasteiger partial charge >= 0.3 is 6.18 Å². The van der Waals surface area contributed by atoms with Crippen molar-refractivity contribution in [3.63, 3.8) is 0 Å². The number of hydrogen-bond acceptors (Lipinski definition) is 12. The lowest BCUT2D eigenvalue weighted by atomic mass is 9.98. The first-order valence-electron chi connectivity index (χ1n) is 37.4. The van der Waals surface area contributed by atoms with Gasteiger partial charge in [-0.2, -0.15) is 13.2 Å². The van der Waals surface area contributed by atoms with Gasteiger partial charge < -0.3 is 9.13 Å². The van der Waals surface area contributed by atoms with Crippen molar-refractivity contribution in [2.45, 2.75) is 6.18 Å². The topological polar surface area (TPSA) is 169 Å². The van der Waals surface area contributed by atoms with Gasteiger partial charge in [0, 0.05) is 93.9 Å². The Morgan fingerprint density at radius 3 is 0.672 bits per heavy atom. The summed E-state index contributed by atoms with van der Waals surface area (Å²) >= 11 is 0. The highest BCUT2D eigenvalue weighted by Crippen LogP contribution is 2.48. The number of fused-ring (bicyclic) bond motifs is 6. The van der Waals surface area contributed by atoms with E-state index in [0.717, 1.165) is 44.5 Å². The van der Waals surface area contributed by atoms with E-state index in [1.165, 1.54) is 6.07 Å². The Hall–Kier alpha value is -16.0. The van der Waals surface area contributed by atoms with Crippen molar-refractivity contribution in [2.24, 2.45) is 0 Å². The van der Waals surface area contributed by atoms with Gasteiger partial charge in [0.25, 0.3) is 0 Å². The van der Waals surface area contributed by atoms with Crippen molar-refractivity contribution in [1.29, 1.82) is 0 Å². The third-order valence-corrected chi connectivity index (χ3v) is 20.5. The molecule has 0 aliphatic rings. The smallest absolute Gasteiger partial charge is 0.309 e. The van der Waals surface area contributed by atoms with Gasteiger partial charge in [-0.1, -0.05) is 261 Å². The molecule has 14 aromatic carbocycles. The Balaban J connectivity index is 0.850. The summed E-state index contributed by atoms with van der Waals surface area (Å²) in [6.45, 7) is 8.39. The van der Waals surface area contributed by atoms with Crippen molar-refractivity contribution in [3.05, 3.63) is 369 Å². The number of benzene rings is 14. The fourth-order valence-corrected chi connectivity index (χ4v) is 15.0. The van der Waals surface area contributed by atoms with E-state index in [9.17, 15) is 0 Å². The van der Waals surface area contributed by atoms with Gasteiger partial charge in [0.15, 0.2) is 75.6 Å². The van der Waals surface area contributed by atoms with Crippen LogP contribution in [0.4, 0.5) is 18.9 Å². The summed E-state index contributed by atoms with van der Waals surface area (Å²) < 4.78 is 56.3. The van der Waals surface area contributed by atoms with E-state index in [1.807, 2.05) is 326 Å². The Kier molecular flexibility index (Phi) is 17.3. The molecule has 6 heterocycles. The van der Waals surface area contributed by atoms with Crippen LogP contribution in [0.3, 0.4) is 0 Å². The van der Waals surface area contributed by atoms with Gasteiger partial charge in [0.1, 0.15) is 0 Å². The molecule has 0 bridgehead atoms. The van der Waals surface area contributed by atoms with E-state index in [2.05, 4.69) is 4.85 Å². The molecular formula is C98H58F3N15. The van der Waals surface area contributed by atoms with Crippen molar-refractivity contribution < 1.29 is 13.2 Å². The maximum Gasteiger partial charge on any atom is 0.418 e. The molecular weight excluding hydrogens is 1440 g/mol. The van der Waals surface area contributed by atoms with Gasteiger partial charge in [-0.05, 0) is 96.6 Å². The fraction of sp³-hybridized carbons (Fsp3) is 0.0102. The summed E-state index contributed by atoms with van der Waals surface area (Å²) in [6.07, 6.45) is -5.03. The molecule has 0 saturated carbocycles. The molecule has 0 saturated heterocycles. The molecule has 0 aliphatic heterocycles. The van der Waals surface area contributed by atoms with Gasteiger partial charge in [-0.3, -0.25) is 0 Å². The molecule has 0 unspecified atom stereocenters. The summed E-state index contributed by atoms with van der Waals surface area (Å²) in [5.41, 5.74) is 10.6. The summed E-state index contributed by atoms with van der Waals surface area (Å²) in [6, 6.07) is 110. The molecule has 0 spiro atoms. The van der Waals surface area contributed by atoms with Crippen molar-refractivity contribution in [2.75, 3.05) is 0 Å². The van der Waals surface area contributed by atoms with Gasteiger partial charge in [0.05, 0.1) is 45.6 Å². The lowest BCUT2D eigenvalue weighted by molar-refractivity contribution is -0.137. The highest BCUT2D eigenvalue weighted by Gasteiger charge is 2.37. The van der Waals surface area contributed by atoms with Crippen LogP contribution in [0.1, 0.15) is 5.56 Å². The van der Waals surface area contributed by atoms with E-state index in [4.69, 9.17) is 66.4 Å². The molecule has 0 atom stereocenters. The quantitative estimate of drug-likeness (QED) is 0.0892. The number of aromatic nitrogens is 14. The van der Waals surface area contributed by atoms with E-state index in [0.29, 0.717) is 147 Å². The van der Waals surface area contributed by atoms with Crippen LogP contribution < -0.4 is 0 Å². The fourth-order valence-electron chi connectivity index (χ4n) is 15.0. The zero-order valence-corrected chi connectivity index (χ0v) is 61.3. The Bertz CT molecular complexity index is 6640. The van der Waals surface area contributed by atoms with Crippen LogP contribution in [0.5, 0.6) is 0 Å². The Morgan fingerprint density at radius 2 is 0.440 bits per heavy atom. The second-order valence-electron chi connectivity index (χ2n) is 27.8. The van der Waals surface area contributed by atoms with Crippen molar-refractivity contribution in [1.82, 2.24) is 68.9 Å². The molecule has 0 amide bonds. The standard InChI is InChI=1S/C98H58F3N15/c1-102-73-44-26-43-68(53-73)74-58-85(116-82-51-47-71(96-111-90(64-35-18-6-19-36-64)105-91(112-96)65-37-20-7-21-38-65)56-77(82)78-57-72(48-52-83(78)116)97-113-92(66-39-22-8-23-40-66)106-93(114-97)67-41-24-9-25-42-67)79(98(99,100)101)59-84(74)115-80-49-45-69(94-107-86(60-27-10-2-11-28-60)103-87(108-94)61-29-12-3-13-30-61)54-75(80)76-55-70(46-50-81(76)115)95-109-88(62-31-14-4-15-32-62)104-89(110-95)63-33-16-5-17-34-63/h2-59H. The number of halogens is 3. The predicted molar refractivity (Wildman–Crippen MR) is 451 cm³/mol. The monoisotopic (exact) mass is 1500 g/mol. The second kappa shape index (κ2) is 29.0. The molecule has 116 heavy (non-hydrogen) atoms. The number of alkyl halides is 3. The number of nitrogens with zero attached hydrogens (tertiary/aromatic N) is 15. The van der Waals surface area contributed by atoms with Gasteiger partial charge in [0.2, 0.25) is 0 Å². The van der Waals surface area contributed by atoms with Crippen LogP contribution in [0.15, 0.2) is 352 Å². The first-order chi connectivity index (χ1) is 57.0. The molecule has 18 heteroatoms. The number of rotatable bonds is 15. The molecule has 0 fully saturated rings. The van der Waals surface area contributed by atoms with E-state index < -0.39 is 11.7 Å². The summed E-state index contributed by atoms with van der Waals surface area (Å²) in [5.74, 6) is 4.93. The Morgan fingerprint density at radius 1 is 0.216 bits per heavy atom. The van der Waals surface area contributed by atoms with Crippen LogP contribution >= 0.6 is 0 Å². The minimum Gasteiger partial charge on any atom is -0.309 e.